The molecule has 0 aromatic carbocycles. The molecule has 0 fully saturated rings. The van der Waals surface area contributed by atoms with Gasteiger partial charge in [0.1, 0.15) is 6.61 Å². The summed E-state index contributed by atoms with van der Waals surface area (Å²) in [5.74, 6) is -0.931. The Labute approximate surface area is 370 Å². The summed E-state index contributed by atoms with van der Waals surface area (Å²) in [6, 6.07) is 0. The number of carbonyl (C=O) groups is 2. The maximum atomic E-state index is 12.6. The minimum atomic E-state index is -4.41. The largest absolute Gasteiger partial charge is 0.472 e. The zero-order valence-corrected chi connectivity index (χ0v) is 38.5. The number of carbonyl (C=O) groups excluding carboxylic acids is 2. The summed E-state index contributed by atoms with van der Waals surface area (Å²) < 4.78 is 32.7. The van der Waals surface area contributed by atoms with Gasteiger partial charge in [0.2, 0.25) is 0 Å². The molecule has 2 unspecified atom stereocenters. The number of hydrogen-bond acceptors (Lipinski definition) is 8. The summed E-state index contributed by atoms with van der Waals surface area (Å²) in [6.07, 6.45) is 63.5. The molecule has 342 valence electrons. The summed E-state index contributed by atoms with van der Waals surface area (Å²) in [7, 11) is -4.41. The molecule has 10 heteroatoms. The third-order valence-corrected chi connectivity index (χ3v) is 9.52. The Morgan fingerprint density at radius 3 is 1.26 bits per heavy atom. The van der Waals surface area contributed by atoms with Crippen molar-refractivity contribution in [2.75, 3.05) is 26.4 Å². The van der Waals surface area contributed by atoms with E-state index < -0.39 is 32.5 Å². The van der Waals surface area contributed by atoms with E-state index in [0.29, 0.717) is 12.8 Å². The third kappa shape index (κ3) is 45.5. The SMILES string of the molecule is CC/C=C\C/C=C\C/C=C\C/C=C\C/C=C\C/C=C\C/C=C\C/C=C\CCCCC(=O)OC(COC(=O)CCCCC/C=C\C/C=C\C/C=C\CC)COP(=O)(O)OCCN. The Bertz CT molecular complexity index is 1450. The van der Waals surface area contributed by atoms with Crippen LogP contribution in [0.4, 0.5) is 0 Å². The van der Waals surface area contributed by atoms with Gasteiger partial charge in [-0.1, -0.05) is 154 Å². The van der Waals surface area contributed by atoms with Gasteiger partial charge in [-0.3, -0.25) is 18.6 Å². The van der Waals surface area contributed by atoms with Crippen LogP contribution in [0.3, 0.4) is 0 Å². The number of phosphoric acid groups is 1. The number of esters is 2. The van der Waals surface area contributed by atoms with Crippen LogP contribution in [0.25, 0.3) is 0 Å². The van der Waals surface area contributed by atoms with Crippen molar-refractivity contribution >= 4 is 19.8 Å². The number of rotatable bonds is 40. The van der Waals surface area contributed by atoms with Gasteiger partial charge in [0.05, 0.1) is 13.2 Å². The molecule has 0 heterocycles. The highest BCUT2D eigenvalue weighted by atomic mass is 31.2. The zero-order chi connectivity index (χ0) is 44.6. The molecule has 0 radical (unpaired) electrons. The van der Waals surface area contributed by atoms with Gasteiger partial charge in [0, 0.05) is 19.4 Å². The first kappa shape index (κ1) is 57.1. The molecule has 0 aromatic rings. The van der Waals surface area contributed by atoms with Crippen LogP contribution < -0.4 is 5.73 Å². The Morgan fingerprint density at radius 1 is 0.492 bits per heavy atom. The van der Waals surface area contributed by atoms with Crippen molar-refractivity contribution in [3.8, 4) is 0 Å². The Balaban J connectivity index is 4.27. The van der Waals surface area contributed by atoms with Crippen LogP contribution in [0.1, 0.15) is 142 Å². The molecule has 0 amide bonds. The van der Waals surface area contributed by atoms with E-state index in [1.165, 1.54) is 0 Å². The second-order valence-electron chi connectivity index (χ2n) is 14.1. The van der Waals surface area contributed by atoms with Gasteiger partial charge in [0.25, 0.3) is 0 Å². The molecule has 0 spiro atoms. The van der Waals surface area contributed by atoms with Crippen LogP contribution in [-0.4, -0.2) is 49.3 Å². The molecule has 2 atom stereocenters. The maximum Gasteiger partial charge on any atom is 0.472 e. The normalized spacial score (nSPS) is 14.5. The van der Waals surface area contributed by atoms with Gasteiger partial charge in [-0.2, -0.15) is 0 Å². The Hall–Kier alpha value is -3.85. The van der Waals surface area contributed by atoms with Crippen LogP contribution in [0.15, 0.2) is 134 Å². The monoisotopic (exact) mass is 866 g/mol. The second-order valence-corrected chi connectivity index (χ2v) is 15.6. The van der Waals surface area contributed by atoms with Crippen molar-refractivity contribution in [2.24, 2.45) is 5.73 Å². The molecule has 9 nitrogen and oxygen atoms in total. The molecule has 3 N–H and O–H groups in total. The molecular formula is C51H80NO8P. The molecule has 0 aromatic heterocycles. The van der Waals surface area contributed by atoms with E-state index in [0.717, 1.165) is 103 Å². The quantitative estimate of drug-likeness (QED) is 0.0267. The van der Waals surface area contributed by atoms with Gasteiger partial charge in [-0.15, -0.1) is 0 Å². The van der Waals surface area contributed by atoms with Crippen LogP contribution in [-0.2, 0) is 32.7 Å². The molecular weight excluding hydrogens is 786 g/mol. The number of unbranched alkanes of at least 4 members (excludes halogenated alkanes) is 5. The van der Waals surface area contributed by atoms with Crippen LogP contribution in [0, 0.1) is 0 Å². The van der Waals surface area contributed by atoms with Gasteiger partial charge in [-0.05, 0) is 109 Å². The lowest BCUT2D eigenvalue weighted by Crippen LogP contribution is -2.29. The van der Waals surface area contributed by atoms with Crippen molar-refractivity contribution in [1.82, 2.24) is 0 Å². The van der Waals surface area contributed by atoms with Gasteiger partial charge < -0.3 is 20.1 Å². The molecule has 0 aliphatic carbocycles. The lowest BCUT2D eigenvalue weighted by molar-refractivity contribution is -0.161. The number of ether oxygens (including phenoxy) is 2. The average Bonchev–Trinajstić information content (AvgIpc) is 3.25. The molecule has 0 saturated heterocycles. The minimum absolute atomic E-state index is 0.0335. The Morgan fingerprint density at radius 2 is 0.852 bits per heavy atom. The van der Waals surface area contributed by atoms with E-state index >= 15 is 0 Å². The second kappa shape index (κ2) is 45.7. The van der Waals surface area contributed by atoms with Crippen LogP contribution >= 0.6 is 7.82 Å². The lowest BCUT2D eigenvalue weighted by Gasteiger charge is -2.19. The highest BCUT2D eigenvalue weighted by Crippen LogP contribution is 2.43. The van der Waals surface area contributed by atoms with Crippen molar-refractivity contribution in [3.63, 3.8) is 0 Å². The highest BCUT2D eigenvalue weighted by Gasteiger charge is 2.25. The lowest BCUT2D eigenvalue weighted by atomic mass is 10.1. The fraction of sp³-hybridized carbons (Fsp3) is 0.529. The number of nitrogens with two attached hydrogens (primary N) is 1. The smallest absolute Gasteiger partial charge is 0.462 e. The number of allylic oxidation sites excluding steroid dienone is 22. The van der Waals surface area contributed by atoms with Crippen LogP contribution in [0.5, 0.6) is 0 Å². The van der Waals surface area contributed by atoms with Crippen LogP contribution in [0.2, 0.25) is 0 Å². The molecule has 61 heavy (non-hydrogen) atoms. The first-order valence-corrected chi connectivity index (χ1v) is 24.2. The van der Waals surface area contributed by atoms with Crippen molar-refractivity contribution in [3.05, 3.63) is 134 Å². The summed E-state index contributed by atoms with van der Waals surface area (Å²) in [6.45, 7) is 3.37. The Kier molecular flexibility index (Phi) is 42.8. The van der Waals surface area contributed by atoms with Gasteiger partial charge in [-0.25, -0.2) is 4.57 Å². The van der Waals surface area contributed by atoms with E-state index in [4.69, 9.17) is 24.3 Å². The molecule has 0 aliphatic rings. The average molecular weight is 866 g/mol. The summed E-state index contributed by atoms with van der Waals surface area (Å²) >= 11 is 0. The first-order chi connectivity index (χ1) is 29.8. The van der Waals surface area contributed by atoms with E-state index in [-0.39, 0.29) is 32.6 Å². The fourth-order valence-electron chi connectivity index (χ4n) is 5.25. The zero-order valence-electron chi connectivity index (χ0n) is 37.6. The van der Waals surface area contributed by atoms with E-state index in [1.807, 2.05) is 0 Å². The summed E-state index contributed by atoms with van der Waals surface area (Å²) in [5.41, 5.74) is 5.34. The molecule has 0 bridgehead atoms. The predicted molar refractivity (Wildman–Crippen MR) is 256 cm³/mol. The van der Waals surface area contributed by atoms with E-state index in [2.05, 4.69) is 148 Å². The molecule has 0 rings (SSSR count). The highest BCUT2D eigenvalue weighted by molar-refractivity contribution is 7.47. The standard InChI is InChI=1S/C51H80NO8P/c1-3-5-7-9-11-13-15-17-18-19-20-21-22-23-24-25-26-27-28-29-30-32-34-36-38-40-42-44-51(54)60-49(48-59-61(55,56)58-46-45-52)47-57-50(53)43-41-39-37-35-33-31-16-14-12-10-8-6-4-2/h5-8,11-14,17-18,20-21,23-24,26-27,29-31,33-34,36,49H,3-4,9-10,15-16,19,22,25,28,32,35,37-48,52H2,1-2H3,(H,55,56)/b7-5-,8-6-,13-11-,14-12-,18-17-,21-20-,24-23-,27-26-,30-29-,33-31-,36-34-. The predicted octanol–water partition coefficient (Wildman–Crippen LogP) is 13.5. The van der Waals surface area contributed by atoms with Gasteiger partial charge in [0.15, 0.2) is 6.10 Å². The summed E-state index contributed by atoms with van der Waals surface area (Å²) in [4.78, 5) is 34.9. The maximum absolute atomic E-state index is 12.6. The van der Waals surface area contributed by atoms with E-state index in [1.54, 1.807) is 0 Å². The third-order valence-electron chi connectivity index (χ3n) is 8.53. The fourth-order valence-corrected chi connectivity index (χ4v) is 6.02. The van der Waals surface area contributed by atoms with Crippen molar-refractivity contribution in [2.45, 2.75) is 148 Å². The summed E-state index contributed by atoms with van der Waals surface area (Å²) in [5, 5.41) is 0. The molecule has 0 aliphatic heterocycles. The minimum Gasteiger partial charge on any atom is -0.462 e. The van der Waals surface area contributed by atoms with Crippen molar-refractivity contribution < 1.29 is 37.6 Å². The number of phosphoric ester groups is 1. The van der Waals surface area contributed by atoms with E-state index in [9.17, 15) is 19.0 Å². The van der Waals surface area contributed by atoms with Gasteiger partial charge >= 0.3 is 19.8 Å². The molecule has 0 saturated carbocycles. The number of hydrogen-bond donors (Lipinski definition) is 2. The topological polar surface area (TPSA) is 134 Å². The van der Waals surface area contributed by atoms with Crippen molar-refractivity contribution in [1.29, 1.82) is 0 Å². The first-order valence-electron chi connectivity index (χ1n) is 22.7.